The molecule has 1 aliphatic rings. The average Bonchev–Trinajstić information content (AvgIpc) is 2.46. The van der Waals surface area contributed by atoms with Crippen molar-refractivity contribution in [3.8, 4) is 16.9 Å². The molecular formula is C17H13BrO2. The highest BCUT2D eigenvalue weighted by atomic mass is 79.9. The number of fused-ring (bicyclic) bond motifs is 1. The lowest BCUT2D eigenvalue weighted by Crippen LogP contribution is -2.09. The predicted octanol–water partition coefficient (Wildman–Crippen LogP) is 4.69. The van der Waals surface area contributed by atoms with E-state index in [1.54, 1.807) is 0 Å². The second-order valence-electron chi connectivity index (χ2n) is 4.80. The first-order chi connectivity index (χ1) is 9.67. The molecule has 2 aromatic rings. The summed E-state index contributed by atoms with van der Waals surface area (Å²) >= 11 is 3.43. The molecule has 1 aliphatic heterocycles. The molecule has 2 aromatic carbocycles. The van der Waals surface area contributed by atoms with Crippen LogP contribution >= 0.6 is 15.9 Å². The van der Waals surface area contributed by atoms with Crippen LogP contribution in [0.5, 0.6) is 5.75 Å². The third-order valence-electron chi connectivity index (χ3n) is 3.38. The Morgan fingerprint density at radius 1 is 1.10 bits per heavy atom. The van der Waals surface area contributed by atoms with Crippen LogP contribution < -0.4 is 4.74 Å². The molecule has 0 radical (unpaired) electrons. The minimum Gasteiger partial charge on any atom is -0.462 e. The van der Waals surface area contributed by atoms with E-state index in [1.165, 1.54) is 0 Å². The summed E-state index contributed by atoms with van der Waals surface area (Å²) < 4.78 is 6.72. The Kier molecular flexibility index (Phi) is 3.45. The summed E-state index contributed by atoms with van der Waals surface area (Å²) in [5.41, 5.74) is 3.12. The molecule has 0 N–H and O–H groups in total. The number of aldehydes is 1. The quantitative estimate of drug-likeness (QED) is 0.747. The second-order valence-corrected chi connectivity index (χ2v) is 5.72. The van der Waals surface area contributed by atoms with E-state index in [4.69, 9.17) is 4.74 Å². The van der Waals surface area contributed by atoms with Gasteiger partial charge in [0, 0.05) is 10.0 Å². The molecule has 0 saturated carbocycles. The summed E-state index contributed by atoms with van der Waals surface area (Å²) in [6, 6.07) is 14.1. The van der Waals surface area contributed by atoms with Crippen molar-refractivity contribution in [1.29, 1.82) is 0 Å². The molecule has 20 heavy (non-hydrogen) atoms. The number of carbonyl (C=O) groups is 1. The minimum atomic E-state index is -0.228. The van der Waals surface area contributed by atoms with E-state index in [9.17, 15) is 4.79 Å². The SMILES string of the molecule is CC1=CC(C=O)c2cc(-c3ccc(Br)cc3)ccc2O1. The minimum absolute atomic E-state index is 0.228. The molecule has 0 saturated heterocycles. The van der Waals surface area contributed by atoms with Crippen molar-refractivity contribution in [2.24, 2.45) is 0 Å². The summed E-state index contributed by atoms with van der Waals surface area (Å²) in [5, 5.41) is 0. The lowest BCUT2D eigenvalue weighted by molar-refractivity contribution is -0.108. The number of allylic oxidation sites excluding steroid dienone is 2. The van der Waals surface area contributed by atoms with Crippen molar-refractivity contribution in [3.63, 3.8) is 0 Å². The first-order valence-electron chi connectivity index (χ1n) is 6.39. The lowest BCUT2D eigenvalue weighted by Gasteiger charge is -2.21. The van der Waals surface area contributed by atoms with Gasteiger partial charge in [0.05, 0.1) is 11.7 Å². The Morgan fingerprint density at radius 2 is 1.80 bits per heavy atom. The third kappa shape index (κ3) is 2.41. The highest BCUT2D eigenvalue weighted by Crippen LogP contribution is 2.36. The molecule has 0 aliphatic carbocycles. The second kappa shape index (κ2) is 5.25. The smallest absolute Gasteiger partial charge is 0.131 e. The van der Waals surface area contributed by atoms with Crippen molar-refractivity contribution in [3.05, 3.63) is 64.3 Å². The van der Waals surface area contributed by atoms with Gasteiger partial charge in [0.15, 0.2) is 0 Å². The predicted molar refractivity (Wildman–Crippen MR) is 82.8 cm³/mol. The van der Waals surface area contributed by atoms with E-state index >= 15 is 0 Å². The van der Waals surface area contributed by atoms with Gasteiger partial charge in [0.2, 0.25) is 0 Å². The average molecular weight is 329 g/mol. The Balaban J connectivity index is 2.06. The maximum absolute atomic E-state index is 11.3. The number of halogens is 1. The van der Waals surface area contributed by atoms with Crippen molar-refractivity contribution < 1.29 is 9.53 Å². The van der Waals surface area contributed by atoms with Gasteiger partial charge in [0.1, 0.15) is 12.0 Å². The number of hydrogen-bond donors (Lipinski definition) is 0. The van der Waals surface area contributed by atoms with Crippen LogP contribution in [0.2, 0.25) is 0 Å². The van der Waals surface area contributed by atoms with Crippen LogP contribution in [0.4, 0.5) is 0 Å². The summed E-state index contributed by atoms with van der Waals surface area (Å²) in [6.07, 6.45) is 2.80. The van der Waals surface area contributed by atoms with Gasteiger partial charge in [0.25, 0.3) is 0 Å². The third-order valence-corrected chi connectivity index (χ3v) is 3.91. The van der Waals surface area contributed by atoms with Crippen molar-refractivity contribution in [2.75, 3.05) is 0 Å². The summed E-state index contributed by atoms with van der Waals surface area (Å²) in [7, 11) is 0. The largest absolute Gasteiger partial charge is 0.462 e. The van der Waals surface area contributed by atoms with E-state index in [0.29, 0.717) is 0 Å². The van der Waals surface area contributed by atoms with Gasteiger partial charge in [-0.3, -0.25) is 0 Å². The van der Waals surface area contributed by atoms with E-state index in [1.807, 2.05) is 55.5 Å². The number of hydrogen-bond acceptors (Lipinski definition) is 2. The molecule has 0 bridgehead atoms. The molecule has 3 heteroatoms. The van der Waals surface area contributed by atoms with Crippen molar-refractivity contribution >= 4 is 22.2 Å². The molecule has 0 aromatic heterocycles. The van der Waals surface area contributed by atoms with Gasteiger partial charge in [-0.25, -0.2) is 0 Å². The number of rotatable bonds is 2. The normalized spacial score (nSPS) is 16.9. The molecule has 0 fully saturated rings. The van der Waals surface area contributed by atoms with Gasteiger partial charge >= 0.3 is 0 Å². The van der Waals surface area contributed by atoms with E-state index in [-0.39, 0.29) is 5.92 Å². The molecule has 1 heterocycles. The topological polar surface area (TPSA) is 26.3 Å². The Hall–Kier alpha value is -1.87. The van der Waals surface area contributed by atoms with E-state index in [2.05, 4.69) is 15.9 Å². The van der Waals surface area contributed by atoms with Crippen LogP contribution in [-0.2, 0) is 4.79 Å². The van der Waals surface area contributed by atoms with E-state index < -0.39 is 0 Å². The van der Waals surface area contributed by atoms with Gasteiger partial charge in [-0.15, -0.1) is 0 Å². The highest BCUT2D eigenvalue weighted by molar-refractivity contribution is 9.10. The van der Waals surface area contributed by atoms with Crippen LogP contribution in [-0.4, -0.2) is 6.29 Å². The van der Waals surface area contributed by atoms with Gasteiger partial charge in [-0.1, -0.05) is 34.1 Å². The zero-order valence-corrected chi connectivity index (χ0v) is 12.6. The molecule has 0 amide bonds. The molecule has 2 nitrogen and oxygen atoms in total. The zero-order chi connectivity index (χ0) is 14.1. The molecule has 100 valence electrons. The lowest BCUT2D eigenvalue weighted by atomic mass is 9.93. The van der Waals surface area contributed by atoms with Crippen LogP contribution in [0.15, 0.2) is 58.8 Å². The summed E-state index contributed by atoms with van der Waals surface area (Å²) in [6.45, 7) is 1.86. The molecule has 1 atom stereocenters. The Bertz CT molecular complexity index is 687. The van der Waals surface area contributed by atoms with Crippen LogP contribution in [0, 0.1) is 0 Å². The van der Waals surface area contributed by atoms with E-state index in [0.717, 1.165) is 39.0 Å². The molecule has 0 spiro atoms. The first kappa shape index (κ1) is 13.1. The summed E-state index contributed by atoms with van der Waals surface area (Å²) in [4.78, 5) is 11.3. The van der Waals surface area contributed by atoms with Gasteiger partial charge in [-0.2, -0.15) is 0 Å². The van der Waals surface area contributed by atoms with Crippen molar-refractivity contribution in [2.45, 2.75) is 12.8 Å². The molecule has 1 unspecified atom stereocenters. The molecule has 3 rings (SSSR count). The highest BCUT2D eigenvalue weighted by Gasteiger charge is 2.20. The Labute approximate surface area is 126 Å². The fourth-order valence-electron chi connectivity index (χ4n) is 2.39. The molecular weight excluding hydrogens is 316 g/mol. The van der Waals surface area contributed by atoms with Gasteiger partial charge < -0.3 is 9.53 Å². The van der Waals surface area contributed by atoms with Crippen LogP contribution in [0.3, 0.4) is 0 Å². The summed E-state index contributed by atoms with van der Waals surface area (Å²) in [5.74, 6) is 1.31. The van der Waals surface area contributed by atoms with Gasteiger partial charge in [-0.05, 0) is 48.4 Å². The maximum atomic E-state index is 11.3. The fraction of sp³-hybridized carbons (Fsp3) is 0.118. The first-order valence-corrected chi connectivity index (χ1v) is 7.18. The number of benzene rings is 2. The zero-order valence-electron chi connectivity index (χ0n) is 11.0. The maximum Gasteiger partial charge on any atom is 0.131 e. The Morgan fingerprint density at radius 3 is 2.50 bits per heavy atom. The standard InChI is InChI=1S/C17H13BrO2/c1-11-8-14(10-19)16-9-13(4-7-17(16)20-11)12-2-5-15(18)6-3-12/h2-10,14H,1H3. The number of ether oxygens (including phenoxy) is 1. The van der Waals surface area contributed by atoms with Crippen molar-refractivity contribution in [1.82, 2.24) is 0 Å². The number of carbonyl (C=O) groups excluding carboxylic acids is 1. The van der Waals surface area contributed by atoms with Crippen LogP contribution in [0.1, 0.15) is 18.4 Å². The fourth-order valence-corrected chi connectivity index (χ4v) is 2.65. The monoisotopic (exact) mass is 328 g/mol. The van der Waals surface area contributed by atoms with Crippen LogP contribution in [0.25, 0.3) is 11.1 Å².